The second kappa shape index (κ2) is 6.87. The number of aromatic nitrogens is 1. The van der Waals surface area contributed by atoms with Crippen molar-refractivity contribution in [3.8, 4) is 5.75 Å². The molecule has 0 fully saturated rings. The summed E-state index contributed by atoms with van der Waals surface area (Å²) in [5.41, 5.74) is 1.75. The number of nitrogens with zero attached hydrogens (tertiary/aromatic N) is 1. The van der Waals surface area contributed by atoms with Crippen LogP contribution in [-0.2, 0) is 16.4 Å². The number of methoxy groups -OCH3 is 1. The molecule has 0 spiro atoms. The molecule has 0 radical (unpaired) electrons. The van der Waals surface area contributed by atoms with Crippen LogP contribution in [0.5, 0.6) is 5.75 Å². The number of nitrogens with one attached hydrogen (secondary N) is 1. The second-order valence-electron chi connectivity index (χ2n) is 4.99. The summed E-state index contributed by atoms with van der Waals surface area (Å²) in [7, 11) is -1.25. The van der Waals surface area contributed by atoms with Crippen LogP contribution in [0.15, 0.2) is 30.3 Å². The van der Waals surface area contributed by atoms with Crippen molar-refractivity contribution >= 4 is 20.7 Å². The van der Waals surface area contributed by atoms with Crippen LogP contribution in [0.4, 0.5) is 0 Å². The zero-order valence-corrected chi connectivity index (χ0v) is 13.1. The van der Waals surface area contributed by atoms with Crippen LogP contribution in [0, 0.1) is 0 Å². The molecule has 0 aliphatic rings. The van der Waals surface area contributed by atoms with Crippen molar-refractivity contribution in [3.05, 3.63) is 36.0 Å². The molecule has 0 aliphatic carbocycles. The van der Waals surface area contributed by atoms with Crippen LogP contribution in [0.2, 0.25) is 0 Å². The summed E-state index contributed by atoms with van der Waals surface area (Å²) in [5, 5.41) is 4.25. The first-order valence-electron chi connectivity index (χ1n) is 6.81. The Morgan fingerprint density at radius 3 is 2.76 bits per heavy atom. The minimum atomic E-state index is -2.88. The van der Waals surface area contributed by atoms with E-state index in [1.807, 2.05) is 30.3 Å². The number of fused-ring (bicyclic) bond motifs is 1. The average molecular weight is 308 g/mol. The Morgan fingerprint density at radius 1 is 1.24 bits per heavy atom. The Morgan fingerprint density at radius 2 is 2.05 bits per heavy atom. The molecule has 0 atom stereocenters. The molecule has 1 heterocycles. The quantitative estimate of drug-likeness (QED) is 0.790. The van der Waals surface area contributed by atoms with Gasteiger partial charge in [-0.2, -0.15) is 0 Å². The lowest BCUT2D eigenvalue weighted by Gasteiger charge is -2.08. The topological polar surface area (TPSA) is 68.3 Å². The molecule has 0 aliphatic heterocycles. The molecule has 2 aromatic rings. The Balaban J connectivity index is 1.96. The lowest BCUT2D eigenvalue weighted by Crippen LogP contribution is -2.18. The predicted octanol–water partition coefficient (Wildman–Crippen LogP) is 1.77. The number of hydrogen-bond acceptors (Lipinski definition) is 5. The fourth-order valence-corrected chi connectivity index (χ4v) is 2.77. The molecule has 0 bridgehead atoms. The number of hydrogen-bond donors (Lipinski definition) is 1. The van der Waals surface area contributed by atoms with Gasteiger partial charge in [0, 0.05) is 18.2 Å². The highest BCUT2D eigenvalue weighted by Crippen LogP contribution is 2.23. The van der Waals surface area contributed by atoms with Gasteiger partial charge in [0.2, 0.25) is 0 Å². The van der Waals surface area contributed by atoms with Gasteiger partial charge in [0.25, 0.3) is 0 Å². The molecule has 5 nitrogen and oxygen atoms in total. The molecular weight excluding hydrogens is 288 g/mol. The van der Waals surface area contributed by atoms with Gasteiger partial charge in [-0.05, 0) is 25.1 Å². The van der Waals surface area contributed by atoms with Gasteiger partial charge in [0.1, 0.15) is 21.1 Å². The highest BCUT2D eigenvalue weighted by Gasteiger charge is 2.04. The van der Waals surface area contributed by atoms with E-state index >= 15 is 0 Å². The van der Waals surface area contributed by atoms with Crippen molar-refractivity contribution in [2.45, 2.75) is 13.0 Å². The third-order valence-corrected chi connectivity index (χ3v) is 4.17. The summed E-state index contributed by atoms with van der Waals surface area (Å²) < 4.78 is 27.4. The number of sulfone groups is 1. The Kier molecular flexibility index (Phi) is 5.14. The van der Waals surface area contributed by atoms with Gasteiger partial charge in [-0.25, -0.2) is 13.4 Å². The van der Waals surface area contributed by atoms with E-state index in [2.05, 4.69) is 10.3 Å². The van der Waals surface area contributed by atoms with Gasteiger partial charge < -0.3 is 10.1 Å². The summed E-state index contributed by atoms with van der Waals surface area (Å²) in [6, 6.07) is 9.79. The molecule has 1 aromatic carbocycles. The molecule has 2 rings (SSSR count). The maximum atomic E-state index is 11.0. The van der Waals surface area contributed by atoms with E-state index in [1.54, 1.807) is 7.11 Å². The van der Waals surface area contributed by atoms with E-state index < -0.39 is 9.84 Å². The van der Waals surface area contributed by atoms with Crippen LogP contribution in [0.3, 0.4) is 0 Å². The first kappa shape index (κ1) is 15.7. The van der Waals surface area contributed by atoms with Crippen LogP contribution in [0.1, 0.15) is 12.1 Å². The lowest BCUT2D eigenvalue weighted by atomic mass is 10.2. The van der Waals surface area contributed by atoms with Crippen molar-refractivity contribution < 1.29 is 13.2 Å². The molecule has 1 N–H and O–H groups in total. The van der Waals surface area contributed by atoms with Crippen LogP contribution < -0.4 is 10.1 Å². The minimum Gasteiger partial charge on any atom is -0.494 e. The van der Waals surface area contributed by atoms with Crippen LogP contribution in [0.25, 0.3) is 10.9 Å². The van der Waals surface area contributed by atoms with E-state index in [4.69, 9.17) is 4.74 Å². The van der Waals surface area contributed by atoms with E-state index in [0.29, 0.717) is 19.5 Å². The predicted molar refractivity (Wildman–Crippen MR) is 84.3 cm³/mol. The Bertz CT molecular complexity index is 714. The highest BCUT2D eigenvalue weighted by atomic mass is 32.2. The van der Waals surface area contributed by atoms with Crippen molar-refractivity contribution in [1.29, 1.82) is 0 Å². The maximum absolute atomic E-state index is 11.0. The van der Waals surface area contributed by atoms with Gasteiger partial charge >= 0.3 is 0 Å². The van der Waals surface area contributed by atoms with Gasteiger partial charge in [0.05, 0.1) is 18.6 Å². The van der Waals surface area contributed by atoms with Gasteiger partial charge in [-0.15, -0.1) is 0 Å². The fraction of sp³-hybridized carbons (Fsp3) is 0.400. The third-order valence-electron chi connectivity index (χ3n) is 3.14. The maximum Gasteiger partial charge on any atom is 0.147 e. The fourth-order valence-electron chi connectivity index (χ4n) is 2.10. The molecule has 114 valence electrons. The van der Waals surface area contributed by atoms with Crippen LogP contribution >= 0.6 is 0 Å². The monoisotopic (exact) mass is 308 g/mol. The standard InChI is InChI=1S/C15H20N2O3S/c1-20-14-6-3-5-12-7-8-13(17-15(12)14)11-16-9-4-10-21(2,18)19/h3,5-8,16H,4,9-11H2,1-2H3. The number of benzene rings is 1. The number of para-hydroxylation sites is 1. The summed E-state index contributed by atoms with van der Waals surface area (Å²) in [5.74, 6) is 0.963. The molecule has 0 saturated heterocycles. The van der Waals surface area contributed by atoms with Crippen molar-refractivity contribution in [2.75, 3.05) is 25.7 Å². The van der Waals surface area contributed by atoms with E-state index in [-0.39, 0.29) is 5.75 Å². The van der Waals surface area contributed by atoms with Gasteiger partial charge in [-0.3, -0.25) is 0 Å². The third kappa shape index (κ3) is 4.68. The first-order valence-corrected chi connectivity index (χ1v) is 8.87. The van der Waals surface area contributed by atoms with Crippen molar-refractivity contribution in [1.82, 2.24) is 10.3 Å². The largest absolute Gasteiger partial charge is 0.494 e. The summed E-state index contributed by atoms with van der Waals surface area (Å²) in [4.78, 5) is 4.59. The molecule has 1 aromatic heterocycles. The molecule has 21 heavy (non-hydrogen) atoms. The number of ether oxygens (including phenoxy) is 1. The summed E-state index contributed by atoms with van der Waals surface area (Å²) in [6.07, 6.45) is 1.86. The number of rotatable bonds is 7. The van der Waals surface area contributed by atoms with Crippen molar-refractivity contribution in [3.63, 3.8) is 0 Å². The SMILES string of the molecule is COc1cccc2ccc(CNCCCS(C)(=O)=O)nc12. The average Bonchev–Trinajstić information content (AvgIpc) is 2.45. The highest BCUT2D eigenvalue weighted by molar-refractivity contribution is 7.90. The van der Waals surface area contributed by atoms with E-state index in [0.717, 1.165) is 22.3 Å². The zero-order chi connectivity index (χ0) is 15.3. The summed E-state index contributed by atoms with van der Waals surface area (Å²) in [6.45, 7) is 1.26. The molecule has 0 unspecified atom stereocenters. The second-order valence-corrected chi connectivity index (χ2v) is 7.25. The molecule has 6 heteroatoms. The molecule has 0 amide bonds. The van der Waals surface area contributed by atoms with Gasteiger partial charge in [0.15, 0.2) is 0 Å². The molecular formula is C15H20N2O3S. The number of pyridine rings is 1. The lowest BCUT2D eigenvalue weighted by molar-refractivity contribution is 0.418. The van der Waals surface area contributed by atoms with Crippen molar-refractivity contribution in [2.24, 2.45) is 0 Å². The Labute approximate surface area is 125 Å². The van der Waals surface area contributed by atoms with E-state index in [1.165, 1.54) is 6.26 Å². The first-order chi connectivity index (χ1) is 9.99. The zero-order valence-electron chi connectivity index (χ0n) is 12.3. The normalized spacial score (nSPS) is 11.7. The van der Waals surface area contributed by atoms with E-state index in [9.17, 15) is 8.42 Å². The minimum absolute atomic E-state index is 0.207. The smallest absolute Gasteiger partial charge is 0.147 e. The van der Waals surface area contributed by atoms with Gasteiger partial charge in [-0.1, -0.05) is 18.2 Å². The molecule has 0 saturated carbocycles. The van der Waals surface area contributed by atoms with Crippen LogP contribution in [-0.4, -0.2) is 39.1 Å². The summed E-state index contributed by atoms with van der Waals surface area (Å²) >= 11 is 0. The Hall–Kier alpha value is -1.66.